The number of benzene rings is 1. The first-order valence-corrected chi connectivity index (χ1v) is 9.99. The Morgan fingerprint density at radius 1 is 1.26 bits per heavy atom. The summed E-state index contributed by atoms with van der Waals surface area (Å²) in [6.07, 6.45) is 3.29. The number of hydrogen-bond donors (Lipinski definition) is 1. The largest absolute Gasteiger partial charge is 0.395 e. The molecule has 0 radical (unpaired) electrons. The van der Waals surface area contributed by atoms with Gasteiger partial charge in [-0.2, -0.15) is 0 Å². The van der Waals surface area contributed by atoms with Crippen LogP contribution in [0.3, 0.4) is 0 Å². The molecular formula is C19H17BrN4O2S. The molecule has 1 aromatic carbocycles. The van der Waals surface area contributed by atoms with E-state index in [1.54, 1.807) is 17.1 Å². The first-order valence-electron chi connectivity index (χ1n) is 8.38. The van der Waals surface area contributed by atoms with E-state index in [4.69, 9.17) is 0 Å². The van der Waals surface area contributed by atoms with E-state index in [-0.39, 0.29) is 12.2 Å². The minimum Gasteiger partial charge on any atom is -0.395 e. The summed E-state index contributed by atoms with van der Waals surface area (Å²) in [5, 5.41) is 10.1. The lowest BCUT2D eigenvalue weighted by molar-refractivity contribution is 0.304. The molecule has 4 aromatic rings. The van der Waals surface area contributed by atoms with Crippen molar-refractivity contribution in [2.24, 2.45) is 0 Å². The molecule has 0 bridgehead atoms. The van der Waals surface area contributed by atoms with Gasteiger partial charge in [0.1, 0.15) is 21.4 Å². The number of likely N-dealkylation sites (N-methyl/N-ethyl adjacent to an activating group) is 1. The van der Waals surface area contributed by atoms with Gasteiger partial charge in [-0.25, -0.2) is 9.97 Å². The summed E-state index contributed by atoms with van der Waals surface area (Å²) < 4.78 is 2.93. The number of nitrogens with zero attached hydrogens (tertiary/aromatic N) is 4. The maximum Gasteiger partial charge on any atom is 0.275 e. The third-order valence-corrected chi connectivity index (χ3v) is 6.12. The van der Waals surface area contributed by atoms with Crippen molar-refractivity contribution in [2.75, 3.05) is 25.1 Å². The van der Waals surface area contributed by atoms with Crippen molar-refractivity contribution in [1.29, 1.82) is 0 Å². The summed E-state index contributed by atoms with van der Waals surface area (Å²) in [5.74, 6) is 0. The van der Waals surface area contributed by atoms with Gasteiger partial charge in [0.15, 0.2) is 0 Å². The van der Waals surface area contributed by atoms with Crippen LogP contribution in [0, 0.1) is 6.92 Å². The molecule has 8 heteroatoms. The van der Waals surface area contributed by atoms with Gasteiger partial charge < -0.3 is 10.0 Å². The van der Waals surface area contributed by atoms with Crippen LogP contribution in [0.25, 0.3) is 26.1 Å². The molecule has 138 valence electrons. The van der Waals surface area contributed by atoms with Crippen LogP contribution in [0.4, 0.5) is 5.69 Å². The molecule has 0 aliphatic rings. The van der Waals surface area contributed by atoms with Crippen LogP contribution in [0.15, 0.2) is 46.1 Å². The fourth-order valence-corrected chi connectivity index (χ4v) is 4.72. The summed E-state index contributed by atoms with van der Waals surface area (Å²) in [5.41, 5.74) is 3.31. The van der Waals surface area contributed by atoms with Gasteiger partial charge in [-0.3, -0.25) is 9.36 Å². The average Bonchev–Trinajstić information content (AvgIpc) is 3.03. The molecule has 1 N–H and O–H groups in total. The molecule has 27 heavy (non-hydrogen) atoms. The number of thiophene rings is 1. The second kappa shape index (κ2) is 7.03. The zero-order chi connectivity index (χ0) is 19.1. The zero-order valence-electron chi connectivity index (χ0n) is 14.8. The van der Waals surface area contributed by atoms with E-state index < -0.39 is 0 Å². The number of aliphatic hydroxyl groups excluding tert-OH is 1. The number of halogens is 1. The van der Waals surface area contributed by atoms with Gasteiger partial charge in [0, 0.05) is 19.8 Å². The Labute approximate surface area is 167 Å². The molecule has 4 rings (SSSR count). The highest BCUT2D eigenvalue weighted by Crippen LogP contribution is 2.39. The molecule has 0 fully saturated rings. The van der Waals surface area contributed by atoms with Gasteiger partial charge in [-0.05, 0) is 35.0 Å². The molecule has 3 heterocycles. The number of anilines is 1. The van der Waals surface area contributed by atoms with Crippen molar-refractivity contribution >= 4 is 53.4 Å². The molecule has 0 unspecified atom stereocenters. The number of rotatable bonds is 4. The highest BCUT2D eigenvalue weighted by molar-refractivity contribution is 9.10. The van der Waals surface area contributed by atoms with Gasteiger partial charge in [-0.15, -0.1) is 11.3 Å². The first-order chi connectivity index (χ1) is 13.0. The Balaban J connectivity index is 2.00. The van der Waals surface area contributed by atoms with Gasteiger partial charge in [0.25, 0.3) is 5.56 Å². The Morgan fingerprint density at radius 2 is 2.00 bits per heavy atom. The van der Waals surface area contributed by atoms with Crippen LogP contribution in [-0.2, 0) is 0 Å². The van der Waals surface area contributed by atoms with Crippen LogP contribution in [0.1, 0.15) is 5.56 Å². The molecule has 0 aliphatic heterocycles. The number of fused-ring (bicyclic) bond motifs is 3. The quantitative estimate of drug-likeness (QED) is 0.521. The fourth-order valence-electron chi connectivity index (χ4n) is 3.08. The summed E-state index contributed by atoms with van der Waals surface area (Å²) in [6, 6.07) is 7.76. The number of aliphatic hydroxyl groups is 1. The maximum atomic E-state index is 13.1. The van der Waals surface area contributed by atoms with E-state index in [1.165, 1.54) is 11.3 Å². The van der Waals surface area contributed by atoms with Gasteiger partial charge >= 0.3 is 0 Å². The van der Waals surface area contributed by atoms with Gasteiger partial charge in [0.05, 0.1) is 27.8 Å². The van der Waals surface area contributed by atoms with Crippen molar-refractivity contribution in [3.63, 3.8) is 0 Å². The average molecular weight is 445 g/mol. The van der Waals surface area contributed by atoms with Crippen molar-refractivity contribution < 1.29 is 5.11 Å². The van der Waals surface area contributed by atoms with Crippen molar-refractivity contribution in [3.05, 3.63) is 57.2 Å². The fraction of sp³-hybridized carbons (Fsp3) is 0.211. The molecule has 0 saturated heterocycles. The van der Waals surface area contributed by atoms with Crippen LogP contribution < -0.4 is 10.5 Å². The SMILES string of the molecule is Cc1ccc(-n2cnc3c(sc4ncc(Br)c(N(C)CCO)c43)c2=O)cc1. The van der Waals surface area contributed by atoms with Crippen LogP contribution >= 0.6 is 27.3 Å². The van der Waals surface area contributed by atoms with E-state index >= 15 is 0 Å². The van der Waals surface area contributed by atoms with Crippen LogP contribution in [0.2, 0.25) is 0 Å². The van der Waals surface area contributed by atoms with Crippen LogP contribution in [-0.4, -0.2) is 39.8 Å². The van der Waals surface area contributed by atoms with E-state index in [2.05, 4.69) is 25.9 Å². The standard InChI is InChI=1S/C19H17BrN4O2S/c1-11-3-5-12(6-4-11)24-10-22-15-14-16(23(2)7-8-25)13(20)9-21-18(14)27-17(15)19(24)26/h3-6,9-10,25H,7-8H2,1-2H3. The van der Waals surface area contributed by atoms with E-state index in [1.807, 2.05) is 43.1 Å². The Morgan fingerprint density at radius 3 is 2.70 bits per heavy atom. The molecule has 6 nitrogen and oxygen atoms in total. The van der Waals surface area contributed by atoms with Crippen molar-refractivity contribution in [2.45, 2.75) is 6.92 Å². The van der Waals surface area contributed by atoms with Crippen molar-refractivity contribution in [1.82, 2.24) is 14.5 Å². The second-order valence-electron chi connectivity index (χ2n) is 6.32. The zero-order valence-corrected chi connectivity index (χ0v) is 17.2. The van der Waals surface area contributed by atoms with Crippen molar-refractivity contribution in [3.8, 4) is 5.69 Å². The minimum atomic E-state index is -0.112. The third kappa shape index (κ3) is 3.03. The first kappa shape index (κ1) is 18.1. The van der Waals surface area contributed by atoms with E-state index in [0.717, 1.165) is 31.6 Å². The predicted molar refractivity (Wildman–Crippen MR) is 113 cm³/mol. The second-order valence-corrected chi connectivity index (χ2v) is 8.17. The summed E-state index contributed by atoms with van der Waals surface area (Å²) >= 11 is 4.88. The number of aromatic nitrogens is 3. The molecule has 3 aromatic heterocycles. The summed E-state index contributed by atoms with van der Waals surface area (Å²) in [7, 11) is 1.90. The van der Waals surface area contributed by atoms with Gasteiger partial charge in [0.2, 0.25) is 0 Å². The summed E-state index contributed by atoms with van der Waals surface area (Å²) in [4.78, 5) is 24.9. The Kier molecular flexibility index (Phi) is 4.71. The van der Waals surface area contributed by atoms with E-state index in [9.17, 15) is 9.90 Å². The molecular weight excluding hydrogens is 428 g/mol. The van der Waals surface area contributed by atoms with Gasteiger partial charge in [-0.1, -0.05) is 17.7 Å². The number of pyridine rings is 1. The number of hydrogen-bond acceptors (Lipinski definition) is 6. The van der Waals surface area contributed by atoms with Crippen LogP contribution in [0.5, 0.6) is 0 Å². The normalized spacial score (nSPS) is 11.4. The molecule has 0 saturated carbocycles. The lowest BCUT2D eigenvalue weighted by Gasteiger charge is -2.20. The molecule has 0 spiro atoms. The minimum absolute atomic E-state index is 0.0302. The topological polar surface area (TPSA) is 71.2 Å². The number of aryl methyl sites for hydroxylation is 1. The summed E-state index contributed by atoms with van der Waals surface area (Å²) in [6.45, 7) is 2.51. The Bertz CT molecular complexity index is 1200. The van der Waals surface area contributed by atoms with E-state index in [0.29, 0.717) is 16.8 Å². The Hall–Kier alpha value is -2.29. The monoisotopic (exact) mass is 444 g/mol. The lowest BCUT2D eigenvalue weighted by atomic mass is 10.2. The lowest BCUT2D eigenvalue weighted by Crippen LogP contribution is -2.22. The molecule has 0 atom stereocenters. The smallest absolute Gasteiger partial charge is 0.275 e. The molecule has 0 amide bonds. The third-order valence-electron chi connectivity index (χ3n) is 4.47. The predicted octanol–water partition coefficient (Wildman–Crippen LogP) is 3.49. The highest BCUT2D eigenvalue weighted by Gasteiger charge is 2.20. The molecule has 0 aliphatic carbocycles. The maximum absolute atomic E-state index is 13.1. The highest BCUT2D eigenvalue weighted by atomic mass is 79.9.